The molecule has 108 valence electrons. The van der Waals surface area contributed by atoms with Crippen molar-refractivity contribution in [1.82, 2.24) is 4.98 Å². The molecule has 0 saturated heterocycles. The zero-order valence-corrected chi connectivity index (χ0v) is 12.1. The van der Waals surface area contributed by atoms with Gasteiger partial charge in [-0.25, -0.2) is 4.98 Å². The number of pyridine rings is 1. The molecule has 0 aliphatic heterocycles. The van der Waals surface area contributed by atoms with Gasteiger partial charge in [0.15, 0.2) is 0 Å². The first-order valence-corrected chi connectivity index (χ1v) is 6.64. The molecule has 5 nitrogen and oxygen atoms in total. The summed E-state index contributed by atoms with van der Waals surface area (Å²) in [5, 5.41) is 0. The van der Waals surface area contributed by atoms with Gasteiger partial charge in [0, 0.05) is 51.7 Å². The van der Waals surface area contributed by atoms with E-state index >= 15 is 0 Å². The molecule has 19 heavy (non-hydrogen) atoms. The molecule has 1 atom stereocenters. The van der Waals surface area contributed by atoms with Gasteiger partial charge in [-0.15, -0.1) is 0 Å². The number of methoxy groups -OCH3 is 2. The number of hydrogen-bond donors (Lipinski definition) is 1. The summed E-state index contributed by atoms with van der Waals surface area (Å²) in [4.78, 5) is 6.69. The SMILES string of the molecule is COCCCN(CCOC)c1ncccc1C(C)N. The summed E-state index contributed by atoms with van der Waals surface area (Å²) in [6.45, 7) is 5.07. The van der Waals surface area contributed by atoms with Gasteiger partial charge in [0.2, 0.25) is 0 Å². The maximum Gasteiger partial charge on any atom is 0.133 e. The number of ether oxygens (including phenoxy) is 2. The lowest BCUT2D eigenvalue weighted by molar-refractivity contribution is 0.191. The Kier molecular flexibility index (Phi) is 7.40. The minimum Gasteiger partial charge on any atom is -0.385 e. The van der Waals surface area contributed by atoms with Crippen LogP contribution in [0, 0.1) is 0 Å². The molecule has 0 spiro atoms. The van der Waals surface area contributed by atoms with Gasteiger partial charge in [-0.1, -0.05) is 6.07 Å². The highest BCUT2D eigenvalue weighted by Crippen LogP contribution is 2.22. The molecule has 5 heteroatoms. The Hall–Kier alpha value is -1.17. The van der Waals surface area contributed by atoms with Gasteiger partial charge in [0.1, 0.15) is 5.82 Å². The van der Waals surface area contributed by atoms with E-state index in [9.17, 15) is 0 Å². The number of anilines is 1. The van der Waals surface area contributed by atoms with Gasteiger partial charge >= 0.3 is 0 Å². The Morgan fingerprint density at radius 1 is 1.26 bits per heavy atom. The highest BCUT2D eigenvalue weighted by Gasteiger charge is 2.14. The molecule has 2 N–H and O–H groups in total. The van der Waals surface area contributed by atoms with Crippen LogP contribution in [0.4, 0.5) is 5.82 Å². The zero-order chi connectivity index (χ0) is 14.1. The van der Waals surface area contributed by atoms with Gasteiger partial charge < -0.3 is 20.1 Å². The molecule has 0 amide bonds. The minimum absolute atomic E-state index is 0.0313. The van der Waals surface area contributed by atoms with Crippen molar-refractivity contribution in [2.24, 2.45) is 5.73 Å². The fourth-order valence-electron chi connectivity index (χ4n) is 1.95. The number of aromatic nitrogens is 1. The molecule has 0 radical (unpaired) electrons. The van der Waals surface area contributed by atoms with Crippen LogP contribution in [-0.4, -0.2) is 45.5 Å². The fourth-order valence-corrected chi connectivity index (χ4v) is 1.95. The van der Waals surface area contributed by atoms with Crippen LogP contribution in [0.1, 0.15) is 24.9 Å². The molecule has 1 aromatic heterocycles. The van der Waals surface area contributed by atoms with E-state index in [4.69, 9.17) is 15.2 Å². The topological polar surface area (TPSA) is 60.6 Å². The Morgan fingerprint density at radius 2 is 2.00 bits per heavy atom. The second-order valence-electron chi connectivity index (χ2n) is 4.53. The lowest BCUT2D eigenvalue weighted by atomic mass is 10.1. The lowest BCUT2D eigenvalue weighted by Gasteiger charge is -2.26. The largest absolute Gasteiger partial charge is 0.385 e. The van der Waals surface area contributed by atoms with Crippen molar-refractivity contribution in [3.63, 3.8) is 0 Å². The first-order valence-electron chi connectivity index (χ1n) is 6.64. The summed E-state index contributed by atoms with van der Waals surface area (Å²) < 4.78 is 10.3. The zero-order valence-electron chi connectivity index (χ0n) is 12.1. The van der Waals surface area contributed by atoms with Gasteiger partial charge in [0.25, 0.3) is 0 Å². The Morgan fingerprint density at radius 3 is 2.63 bits per heavy atom. The van der Waals surface area contributed by atoms with Crippen LogP contribution in [-0.2, 0) is 9.47 Å². The molecule has 1 rings (SSSR count). The van der Waals surface area contributed by atoms with Crippen LogP contribution < -0.4 is 10.6 Å². The average Bonchev–Trinajstić information content (AvgIpc) is 2.42. The molecular weight excluding hydrogens is 242 g/mol. The highest BCUT2D eigenvalue weighted by molar-refractivity contribution is 5.48. The summed E-state index contributed by atoms with van der Waals surface area (Å²) in [5.74, 6) is 0.950. The van der Waals surface area contributed by atoms with E-state index in [0.29, 0.717) is 6.61 Å². The molecule has 0 fully saturated rings. The van der Waals surface area contributed by atoms with E-state index in [1.807, 2.05) is 19.1 Å². The highest BCUT2D eigenvalue weighted by atomic mass is 16.5. The van der Waals surface area contributed by atoms with E-state index in [-0.39, 0.29) is 6.04 Å². The normalized spacial score (nSPS) is 12.4. The van der Waals surface area contributed by atoms with Crippen molar-refractivity contribution in [3.05, 3.63) is 23.9 Å². The van der Waals surface area contributed by atoms with Crippen LogP contribution in [0.2, 0.25) is 0 Å². The van der Waals surface area contributed by atoms with E-state index < -0.39 is 0 Å². The van der Waals surface area contributed by atoms with E-state index in [0.717, 1.165) is 37.5 Å². The second-order valence-corrected chi connectivity index (χ2v) is 4.53. The third-order valence-electron chi connectivity index (χ3n) is 2.95. The molecule has 0 bridgehead atoms. The predicted molar refractivity (Wildman–Crippen MR) is 77.4 cm³/mol. The number of hydrogen-bond acceptors (Lipinski definition) is 5. The molecule has 0 aromatic carbocycles. The van der Waals surface area contributed by atoms with Gasteiger partial charge in [-0.3, -0.25) is 0 Å². The third-order valence-corrected chi connectivity index (χ3v) is 2.95. The maximum absolute atomic E-state index is 6.01. The molecule has 1 unspecified atom stereocenters. The number of nitrogens with two attached hydrogens (primary N) is 1. The quantitative estimate of drug-likeness (QED) is 0.688. The second kappa shape index (κ2) is 8.85. The van der Waals surface area contributed by atoms with Crippen LogP contribution in [0.25, 0.3) is 0 Å². The summed E-state index contributed by atoms with van der Waals surface area (Å²) in [6.07, 6.45) is 2.76. The Bertz CT molecular complexity index is 358. The van der Waals surface area contributed by atoms with Crippen LogP contribution in [0.15, 0.2) is 18.3 Å². The van der Waals surface area contributed by atoms with Crippen molar-refractivity contribution in [1.29, 1.82) is 0 Å². The molecular formula is C14H25N3O2. The monoisotopic (exact) mass is 267 g/mol. The van der Waals surface area contributed by atoms with Crippen molar-refractivity contribution in [3.8, 4) is 0 Å². The van der Waals surface area contributed by atoms with Crippen molar-refractivity contribution >= 4 is 5.82 Å². The van der Waals surface area contributed by atoms with E-state index in [1.165, 1.54) is 0 Å². The summed E-state index contributed by atoms with van der Waals surface area (Å²) in [7, 11) is 3.42. The first kappa shape index (κ1) is 15.9. The van der Waals surface area contributed by atoms with Gasteiger partial charge in [0.05, 0.1) is 6.61 Å². The van der Waals surface area contributed by atoms with E-state index in [2.05, 4.69) is 9.88 Å². The van der Waals surface area contributed by atoms with Crippen LogP contribution >= 0.6 is 0 Å². The molecule has 1 aromatic rings. The Labute approximate surface area is 115 Å². The maximum atomic E-state index is 6.01. The van der Waals surface area contributed by atoms with E-state index in [1.54, 1.807) is 20.4 Å². The molecule has 0 saturated carbocycles. The smallest absolute Gasteiger partial charge is 0.133 e. The average molecular weight is 267 g/mol. The fraction of sp³-hybridized carbons (Fsp3) is 0.643. The first-order chi connectivity index (χ1) is 9.20. The third kappa shape index (κ3) is 5.14. The molecule has 0 aliphatic rings. The van der Waals surface area contributed by atoms with Crippen molar-refractivity contribution in [2.45, 2.75) is 19.4 Å². The standard InChI is InChI=1S/C14H25N3O2/c1-12(15)13-6-4-7-16-14(13)17(9-11-19-3)8-5-10-18-2/h4,6-7,12H,5,8-11,15H2,1-3H3. The minimum atomic E-state index is -0.0313. The number of rotatable bonds is 9. The molecule has 0 aliphatic carbocycles. The predicted octanol–water partition coefficient (Wildman–Crippen LogP) is 1.59. The number of nitrogens with zero attached hydrogens (tertiary/aromatic N) is 2. The summed E-state index contributed by atoms with van der Waals surface area (Å²) in [5.41, 5.74) is 7.08. The van der Waals surface area contributed by atoms with Crippen LogP contribution in [0.5, 0.6) is 0 Å². The summed E-state index contributed by atoms with van der Waals surface area (Å²) in [6, 6.07) is 3.92. The summed E-state index contributed by atoms with van der Waals surface area (Å²) >= 11 is 0. The van der Waals surface area contributed by atoms with Gasteiger partial charge in [-0.2, -0.15) is 0 Å². The van der Waals surface area contributed by atoms with Crippen molar-refractivity contribution in [2.75, 3.05) is 45.4 Å². The van der Waals surface area contributed by atoms with Crippen molar-refractivity contribution < 1.29 is 9.47 Å². The lowest BCUT2D eigenvalue weighted by Crippen LogP contribution is -2.31. The van der Waals surface area contributed by atoms with Gasteiger partial charge in [-0.05, 0) is 19.4 Å². The van der Waals surface area contributed by atoms with Crippen LogP contribution in [0.3, 0.4) is 0 Å². The Balaban J connectivity index is 2.82. The molecule has 1 heterocycles.